The van der Waals surface area contributed by atoms with Gasteiger partial charge < -0.3 is 15.1 Å². The van der Waals surface area contributed by atoms with Crippen LogP contribution in [0.15, 0.2) is 24.3 Å². The summed E-state index contributed by atoms with van der Waals surface area (Å²) in [7, 11) is 2.10. The van der Waals surface area contributed by atoms with Crippen molar-refractivity contribution in [2.24, 2.45) is 5.92 Å². The van der Waals surface area contributed by atoms with Gasteiger partial charge in [-0.15, -0.1) is 0 Å². The predicted octanol–water partition coefficient (Wildman–Crippen LogP) is 1.77. The second-order valence-electron chi connectivity index (χ2n) is 7.03. The maximum Gasteiger partial charge on any atom is 0.223 e. The van der Waals surface area contributed by atoms with E-state index in [-0.39, 0.29) is 17.7 Å². The van der Waals surface area contributed by atoms with Gasteiger partial charge in [-0.3, -0.25) is 9.59 Å². The Balaban J connectivity index is 1.51. The summed E-state index contributed by atoms with van der Waals surface area (Å²) in [5.74, 6) is 0.561. The molecule has 2 saturated heterocycles. The second kappa shape index (κ2) is 7.79. The Morgan fingerprint density at radius 2 is 1.96 bits per heavy atom. The van der Waals surface area contributed by atoms with Crippen LogP contribution in [0, 0.1) is 5.92 Å². The fraction of sp³-hybridized carbons (Fsp3) is 0.579. The number of nitrogens with one attached hydrogen (secondary N) is 1. The van der Waals surface area contributed by atoms with Gasteiger partial charge >= 0.3 is 0 Å². The molecule has 1 N–H and O–H groups in total. The summed E-state index contributed by atoms with van der Waals surface area (Å²) in [5.41, 5.74) is 2.23. The highest BCUT2D eigenvalue weighted by Gasteiger charge is 2.23. The zero-order valence-corrected chi connectivity index (χ0v) is 14.5. The van der Waals surface area contributed by atoms with Crippen molar-refractivity contribution in [3.8, 4) is 0 Å². The van der Waals surface area contributed by atoms with Crippen LogP contribution in [0.1, 0.15) is 36.8 Å². The maximum atomic E-state index is 12.3. The molecular formula is C19H27N3O2. The van der Waals surface area contributed by atoms with E-state index in [1.807, 2.05) is 23.1 Å². The van der Waals surface area contributed by atoms with Gasteiger partial charge in [-0.1, -0.05) is 24.3 Å². The smallest absolute Gasteiger partial charge is 0.223 e. The lowest BCUT2D eigenvalue weighted by Crippen LogP contribution is -2.38. The van der Waals surface area contributed by atoms with Crippen molar-refractivity contribution in [3.63, 3.8) is 0 Å². The van der Waals surface area contributed by atoms with E-state index < -0.39 is 0 Å². The molecule has 2 fully saturated rings. The third-order valence-electron chi connectivity index (χ3n) is 5.09. The van der Waals surface area contributed by atoms with Gasteiger partial charge in [-0.25, -0.2) is 0 Å². The molecule has 0 spiro atoms. The molecule has 0 radical (unpaired) electrons. The van der Waals surface area contributed by atoms with Crippen LogP contribution in [0.4, 0.5) is 0 Å². The molecule has 3 rings (SSSR count). The van der Waals surface area contributed by atoms with Gasteiger partial charge in [0, 0.05) is 32.0 Å². The van der Waals surface area contributed by atoms with E-state index >= 15 is 0 Å². The van der Waals surface area contributed by atoms with E-state index in [0.29, 0.717) is 19.5 Å². The Kier molecular flexibility index (Phi) is 5.51. The SMILES string of the molecule is CN1CCC(C(=O)NCc2cccc(CN3CCCC3=O)c2)CC1. The van der Waals surface area contributed by atoms with Crippen molar-refractivity contribution in [3.05, 3.63) is 35.4 Å². The van der Waals surface area contributed by atoms with Crippen molar-refractivity contribution >= 4 is 11.8 Å². The third kappa shape index (κ3) is 4.35. The number of carbonyl (C=O) groups is 2. The number of piperidine rings is 1. The highest BCUT2D eigenvalue weighted by Crippen LogP contribution is 2.17. The summed E-state index contributed by atoms with van der Waals surface area (Å²) in [6.07, 6.45) is 3.52. The molecule has 1 aromatic carbocycles. The summed E-state index contributed by atoms with van der Waals surface area (Å²) in [6, 6.07) is 8.19. The highest BCUT2D eigenvalue weighted by atomic mass is 16.2. The minimum Gasteiger partial charge on any atom is -0.352 e. The number of hydrogen-bond acceptors (Lipinski definition) is 3. The molecule has 24 heavy (non-hydrogen) atoms. The van der Waals surface area contributed by atoms with Crippen LogP contribution in [-0.4, -0.2) is 48.3 Å². The van der Waals surface area contributed by atoms with Gasteiger partial charge in [0.05, 0.1) is 0 Å². The summed E-state index contributed by atoms with van der Waals surface area (Å²) in [4.78, 5) is 28.2. The Morgan fingerprint density at radius 3 is 2.67 bits per heavy atom. The number of rotatable bonds is 5. The standard InChI is InChI=1S/C19H27N3O2/c1-21-10-7-17(8-11-21)19(24)20-13-15-4-2-5-16(12-15)14-22-9-3-6-18(22)23/h2,4-5,12,17H,3,6-11,13-14H2,1H3,(H,20,24). The van der Waals surface area contributed by atoms with Crippen LogP contribution in [0.2, 0.25) is 0 Å². The van der Waals surface area contributed by atoms with Crippen molar-refractivity contribution in [2.75, 3.05) is 26.7 Å². The fourth-order valence-corrected chi connectivity index (χ4v) is 3.53. The molecule has 2 aliphatic heterocycles. The molecule has 0 bridgehead atoms. The largest absolute Gasteiger partial charge is 0.352 e. The summed E-state index contributed by atoms with van der Waals surface area (Å²) < 4.78 is 0. The Morgan fingerprint density at radius 1 is 1.21 bits per heavy atom. The Bertz CT molecular complexity index is 594. The number of carbonyl (C=O) groups excluding carboxylic acids is 2. The zero-order valence-electron chi connectivity index (χ0n) is 14.5. The van der Waals surface area contributed by atoms with E-state index in [2.05, 4.69) is 23.3 Å². The molecule has 1 aromatic rings. The van der Waals surface area contributed by atoms with E-state index in [9.17, 15) is 9.59 Å². The first-order valence-corrected chi connectivity index (χ1v) is 8.93. The Labute approximate surface area is 144 Å². The molecular weight excluding hydrogens is 302 g/mol. The molecule has 0 atom stereocenters. The molecule has 130 valence electrons. The summed E-state index contributed by atoms with van der Waals surface area (Å²) in [6.45, 7) is 4.09. The van der Waals surface area contributed by atoms with Gasteiger partial charge in [0.25, 0.3) is 0 Å². The topological polar surface area (TPSA) is 52.7 Å². The quantitative estimate of drug-likeness (QED) is 0.896. The molecule has 0 aliphatic carbocycles. The Hall–Kier alpha value is -1.88. The average molecular weight is 329 g/mol. The van der Waals surface area contributed by atoms with E-state index in [0.717, 1.165) is 50.0 Å². The minimum atomic E-state index is 0.145. The fourth-order valence-electron chi connectivity index (χ4n) is 3.53. The van der Waals surface area contributed by atoms with Crippen LogP contribution >= 0.6 is 0 Å². The summed E-state index contributed by atoms with van der Waals surface area (Å²) >= 11 is 0. The van der Waals surface area contributed by atoms with E-state index in [4.69, 9.17) is 0 Å². The molecule has 0 aromatic heterocycles. The predicted molar refractivity (Wildman–Crippen MR) is 93.2 cm³/mol. The highest BCUT2D eigenvalue weighted by molar-refractivity contribution is 5.79. The molecule has 2 aliphatic rings. The number of benzene rings is 1. The van der Waals surface area contributed by atoms with Crippen LogP contribution < -0.4 is 5.32 Å². The number of likely N-dealkylation sites (tertiary alicyclic amines) is 2. The average Bonchev–Trinajstić information content (AvgIpc) is 2.98. The summed E-state index contributed by atoms with van der Waals surface area (Å²) in [5, 5.41) is 3.08. The van der Waals surface area contributed by atoms with Crippen LogP contribution in [-0.2, 0) is 22.7 Å². The second-order valence-corrected chi connectivity index (χ2v) is 7.03. The monoisotopic (exact) mass is 329 g/mol. The zero-order chi connectivity index (χ0) is 16.9. The van der Waals surface area contributed by atoms with Gasteiger partial charge in [0.1, 0.15) is 0 Å². The lowest BCUT2D eigenvalue weighted by Gasteiger charge is -2.28. The van der Waals surface area contributed by atoms with Gasteiger partial charge in [-0.2, -0.15) is 0 Å². The lowest BCUT2D eigenvalue weighted by molar-refractivity contribution is -0.128. The number of nitrogens with zero attached hydrogens (tertiary/aromatic N) is 2. The first-order valence-electron chi connectivity index (χ1n) is 8.93. The number of hydrogen-bond donors (Lipinski definition) is 1. The molecule has 0 saturated carbocycles. The van der Waals surface area contributed by atoms with Crippen LogP contribution in [0.5, 0.6) is 0 Å². The first-order chi connectivity index (χ1) is 11.6. The normalized spacial score (nSPS) is 19.7. The van der Waals surface area contributed by atoms with Crippen LogP contribution in [0.25, 0.3) is 0 Å². The van der Waals surface area contributed by atoms with Crippen molar-refractivity contribution in [2.45, 2.75) is 38.8 Å². The van der Waals surface area contributed by atoms with Gasteiger partial charge in [-0.05, 0) is 50.5 Å². The minimum absolute atomic E-state index is 0.145. The number of amides is 2. The van der Waals surface area contributed by atoms with Crippen LogP contribution in [0.3, 0.4) is 0 Å². The van der Waals surface area contributed by atoms with Crippen molar-refractivity contribution in [1.82, 2.24) is 15.1 Å². The van der Waals surface area contributed by atoms with Crippen molar-refractivity contribution < 1.29 is 9.59 Å². The molecule has 5 nitrogen and oxygen atoms in total. The van der Waals surface area contributed by atoms with Gasteiger partial charge in [0.2, 0.25) is 11.8 Å². The van der Waals surface area contributed by atoms with E-state index in [1.54, 1.807) is 0 Å². The molecule has 0 unspecified atom stereocenters. The maximum absolute atomic E-state index is 12.3. The lowest BCUT2D eigenvalue weighted by atomic mass is 9.96. The molecule has 2 heterocycles. The third-order valence-corrected chi connectivity index (χ3v) is 5.09. The molecule has 5 heteroatoms. The molecule has 2 amide bonds. The van der Waals surface area contributed by atoms with E-state index in [1.165, 1.54) is 0 Å². The first kappa shape index (κ1) is 17.0. The van der Waals surface area contributed by atoms with Crippen molar-refractivity contribution in [1.29, 1.82) is 0 Å². The van der Waals surface area contributed by atoms with Gasteiger partial charge in [0.15, 0.2) is 0 Å².